The van der Waals surface area contributed by atoms with E-state index in [1.807, 2.05) is 36.4 Å². The van der Waals surface area contributed by atoms with Crippen LogP contribution in [0.4, 0.5) is 0 Å². The molecule has 1 atom stereocenters. The number of carbonyl (C=O) groups excluding carboxylic acids is 1. The molecule has 4 N–H and O–H groups in total. The van der Waals surface area contributed by atoms with E-state index in [0.717, 1.165) is 21.8 Å². The first kappa shape index (κ1) is 21.0. The molecule has 4 aromatic heterocycles. The first-order valence-corrected chi connectivity index (χ1v) is 11.8. The zero-order valence-electron chi connectivity index (χ0n) is 18.2. The van der Waals surface area contributed by atoms with Gasteiger partial charge in [0.05, 0.1) is 29.4 Å². The predicted octanol–water partition coefficient (Wildman–Crippen LogP) is 4.16. The van der Waals surface area contributed by atoms with E-state index in [1.54, 1.807) is 13.1 Å². The number of fused-ring (bicyclic) bond motifs is 3. The van der Waals surface area contributed by atoms with Gasteiger partial charge in [-0.05, 0) is 43.0 Å². The van der Waals surface area contributed by atoms with Crippen molar-refractivity contribution in [3.63, 3.8) is 0 Å². The van der Waals surface area contributed by atoms with Crippen LogP contribution in [0.5, 0.6) is 0 Å². The third-order valence-electron chi connectivity index (χ3n) is 5.78. The molecule has 1 unspecified atom stereocenters. The molecule has 0 bridgehead atoms. The number of aliphatic hydroxyl groups is 1. The lowest BCUT2D eigenvalue weighted by Crippen LogP contribution is -2.29. The number of aromatic amines is 2. The van der Waals surface area contributed by atoms with Crippen LogP contribution < -0.4 is 5.32 Å². The summed E-state index contributed by atoms with van der Waals surface area (Å²) < 4.78 is 11.4. The van der Waals surface area contributed by atoms with E-state index in [1.165, 1.54) is 11.8 Å². The molecule has 0 saturated heterocycles. The maximum Gasteiger partial charge on any atom is 0.357 e. The maximum atomic E-state index is 12.5. The second kappa shape index (κ2) is 8.32. The summed E-state index contributed by atoms with van der Waals surface area (Å²) in [6.45, 7) is 2.90. The van der Waals surface area contributed by atoms with E-state index in [4.69, 9.17) is 14.1 Å². The second-order valence-electron chi connectivity index (χ2n) is 7.92. The van der Waals surface area contributed by atoms with Crippen molar-refractivity contribution >= 4 is 39.7 Å². The fourth-order valence-electron chi connectivity index (χ4n) is 4.34. The smallest absolute Gasteiger partial charge is 0.357 e. The van der Waals surface area contributed by atoms with E-state index in [-0.39, 0.29) is 12.3 Å². The summed E-state index contributed by atoms with van der Waals surface area (Å²) in [5, 5.41) is 16.0. The molecule has 34 heavy (non-hydrogen) atoms. The Kier molecular flexibility index (Phi) is 5.13. The van der Waals surface area contributed by atoms with Gasteiger partial charge >= 0.3 is 5.97 Å². The number of ether oxygens (including phenoxy) is 1. The highest BCUT2D eigenvalue weighted by Crippen LogP contribution is 2.41. The molecular formula is C24H21N5O4S. The fraction of sp³-hybridized carbons (Fsp3) is 0.208. The highest BCUT2D eigenvalue weighted by molar-refractivity contribution is 7.99. The first-order chi connectivity index (χ1) is 16.6. The Morgan fingerprint density at radius 1 is 1.26 bits per heavy atom. The molecule has 1 aliphatic heterocycles. The number of benzene rings is 1. The molecule has 5 aromatic rings. The van der Waals surface area contributed by atoms with Crippen molar-refractivity contribution in [3.05, 3.63) is 59.5 Å². The van der Waals surface area contributed by atoms with E-state index in [2.05, 4.69) is 20.3 Å². The second-order valence-corrected chi connectivity index (χ2v) is 8.91. The van der Waals surface area contributed by atoms with Crippen LogP contribution in [-0.4, -0.2) is 44.2 Å². The van der Waals surface area contributed by atoms with Gasteiger partial charge in [-0.3, -0.25) is 0 Å². The standard InChI is InChI=1S/C24H21N5O4S/c1-2-32-23(31)22-21-12(9-26-22)19(20-15(27-21)10-25-11-16(20)30)17-7-8-18(33-17)34-24-28-13-5-3-4-6-14(13)29-24/h3-9,16,25-26,30H,2,10-11H2,1H3,(H,28,29). The van der Waals surface area contributed by atoms with Crippen LogP contribution in [0.1, 0.15) is 34.8 Å². The topological polar surface area (TPSA) is 129 Å². The van der Waals surface area contributed by atoms with Gasteiger partial charge in [0, 0.05) is 35.8 Å². The Hall–Kier alpha value is -3.60. The van der Waals surface area contributed by atoms with Crippen molar-refractivity contribution < 1.29 is 19.1 Å². The Morgan fingerprint density at radius 3 is 3.00 bits per heavy atom. The highest BCUT2D eigenvalue weighted by atomic mass is 32.2. The minimum absolute atomic E-state index is 0.262. The molecule has 1 aromatic carbocycles. The average molecular weight is 476 g/mol. The monoisotopic (exact) mass is 475 g/mol. The number of H-pyrrole nitrogens is 2. The summed E-state index contributed by atoms with van der Waals surface area (Å²) in [7, 11) is 0. The Morgan fingerprint density at radius 2 is 2.15 bits per heavy atom. The summed E-state index contributed by atoms with van der Waals surface area (Å²) in [5.74, 6) is 0.110. The molecule has 0 amide bonds. The number of β-amino-alcohol motifs (C(OH)–C–C–N with tert-alkyl or cyclic N) is 1. The predicted molar refractivity (Wildman–Crippen MR) is 127 cm³/mol. The van der Waals surface area contributed by atoms with Crippen molar-refractivity contribution in [3.8, 4) is 11.3 Å². The van der Waals surface area contributed by atoms with E-state index >= 15 is 0 Å². The highest BCUT2D eigenvalue weighted by Gasteiger charge is 2.29. The number of aliphatic hydroxyl groups excluding tert-OH is 1. The minimum Gasteiger partial charge on any atom is -0.461 e. The van der Waals surface area contributed by atoms with Crippen molar-refractivity contribution in [1.82, 2.24) is 25.3 Å². The summed E-state index contributed by atoms with van der Waals surface area (Å²) >= 11 is 1.38. The summed E-state index contributed by atoms with van der Waals surface area (Å²) in [6, 6.07) is 11.6. The number of carbonyl (C=O) groups is 1. The zero-order chi connectivity index (χ0) is 23.2. The van der Waals surface area contributed by atoms with E-state index < -0.39 is 12.1 Å². The Bertz CT molecular complexity index is 1500. The Balaban J connectivity index is 1.45. The van der Waals surface area contributed by atoms with Gasteiger partial charge in [0.25, 0.3) is 0 Å². The third kappa shape index (κ3) is 3.47. The number of hydrogen-bond donors (Lipinski definition) is 4. The van der Waals surface area contributed by atoms with Gasteiger partial charge < -0.3 is 29.5 Å². The molecule has 0 aliphatic carbocycles. The van der Waals surface area contributed by atoms with Crippen molar-refractivity contribution in [1.29, 1.82) is 0 Å². The molecule has 0 saturated carbocycles. The van der Waals surface area contributed by atoms with Crippen LogP contribution >= 0.6 is 11.8 Å². The van der Waals surface area contributed by atoms with Crippen LogP contribution in [-0.2, 0) is 11.3 Å². The maximum absolute atomic E-state index is 12.5. The van der Waals surface area contributed by atoms with Crippen LogP contribution in [0.15, 0.2) is 57.3 Å². The zero-order valence-corrected chi connectivity index (χ0v) is 19.0. The van der Waals surface area contributed by atoms with Gasteiger partial charge in [-0.1, -0.05) is 12.1 Å². The minimum atomic E-state index is -0.756. The SMILES string of the molecule is CCOC(=O)c1[nH]cc2c(-c3ccc(Sc4nc5ccccc5[nH]4)o3)c3c(nc12)CNCC3O. The molecule has 10 heteroatoms. The lowest BCUT2D eigenvalue weighted by molar-refractivity contribution is 0.0522. The molecule has 9 nitrogen and oxygen atoms in total. The largest absolute Gasteiger partial charge is 0.461 e. The lowest BCUT2D eigenvalue weighted by Gasteiger charge is -2.24. The molecule has 5 heterocycles. The molecule has 172 valence electrons. The molecular weight excluding hydrogens is 454 g/mol. The molecule has 0 spiro atoms. The molecule has 1 aliphatic rings. The van der Waals surface area contributed by atoms with Gasteiger partial charge in [-0.25, -0.2) is 14.8 Å². The normalized spacial score (nSPS) is 15.6. The third-order valence-corrected chi connectivity index (χ3v) is 6.59. The number of aromatic nitrogens is 4. The van der Waals surface area contributed by atoms with Crippen molar-refractivity contribution in [2.75, 3.05) is 13.2 Å². The Labute approximate surface area is 197 Å². The van der Waals surface area contributed by atoms with Crippen LogP contribution in [0, 0.1) is 0 Å². The van der Waals surface area contributed by atoms with Gasteiger partial charge in [-0.15, -0.1) is 0 Å². The molecule has 0 fully saturated rings. The quantitative estimate of drug-likeness (QED) is 0.279. The number of hydrogen-bond acceptors (Lipinski definition) is 8. The van der Waals surface area contributed by atoms with Gasteiger partial charge in [-0.2, -0.15) is 0 Å². The van der Waals surface area contributed by atoms with Gasteiger partial charge in [0.1, 0.15) is 11.3 Å². The summed E-state index contributed by atoms with van der Waals surface area (Å²) in [4.78, 5) is 28.1. The number of furan rings is 1. The summed E-state index contributed by atoms with van der Waals surface area (Å²) in [6.07, 6.45) is 0.959. The van der Waals surface area contributed by atoms with Crippen molar-refractivity contribution in [2.24, 2.45) is 0 Å². The van der Waals surface area contributed by atoms with Crippen LogP contribution in [0.3, 0.4) is 0 Å². The number of pyridine rings is 1. The fourth-order valence-corrected chi connectivity index (χ4v) is 5.10. The average Bonchev–Trinajstić information content (AvgIpc) is 3.56. The molecule has 6 rings (SSSR count). The van der Waals surface area contributed by atoms with Crippen molar-refractivity contribution in [2.45, 2.75) is 29.8 Å². The van der Waals surface area contributed by atoms with E-state index in [9.17, 15) is 9.90 Å². The van der Waals surface area contributed by atoms with Crippen LogP contribution in [0.2, 0.25) is 0 Å². The first-order valence-electron chi connectivity index (χ1n) is 10.9. The van der Waals surface area contributed by atoms with Gasteiger partial charge in [0.2, 0.25) is 0 Å². The van der Waals surface area contributed by atoms with Gasteiger partial charge in [0.15, 0.2) is 15.9 Å². The number of nitrogens with one attached hydrogen (secondary N) is 3. The number of imidazole rings is 1. The number of esters is 1. The number of rotatable bonds is 5. The lowest BCUT2D eigenvalue weighted by atomic mass is 9.93. The molecule has 0 radical (unpaired) electrons. The van der Waals surface area contributed by atoms with Crippen LogP contribution in [0.25, 0.3) is 33.3 Å². The number of para-hydroxylation sites is 2. The van der Waals surface area contributed by atoms with E-state index in [0.29, 0.717) is 46.1 Å². The summed E-state index contributed by atoms with van der Waals surface area (Å²) in [5.41, 5.74) is 4.71. The number of nitrogens with zero attached hydrogens (tertiary/aromatic N) is 2.